The average molecular weight is 334 g/mol. The van der Waals surface area contributed by atoms with Crippen molar-refractivity contribution in [2.75, 3.05) is 0 Å². The van der Waals surface area contributed by atoms with Gasteiger partial charge in [0, 0.05) is 0 Å². The van der Waals surface area contributed by atoms with Crippen LogP contribution in [-0.4, -0.2) is 0 Å². The van der Waals surface area contributed by atoms with Gasteiger partial charge in [0.15, 0.2) is 0 Å². The summed E-state index contributed by atoms with van der Waals surface area (Å²) in [4.78, 5) is 0. The van der Waals surface area contributed by atoms with E-state index in [0.717, 1.165) is 0 Å². The van der Waals surface area contributed by atoms with Crippen LogP contribution in [0.4, 0.5) is 0 Å². The van der Waals surface area contributed by atoms with Crippen LogP contribution in [0, 0.1) is 12.3 Å². The first-order valence-corrected chi connectivity index (χ1v) is 8.80. The summed E-state index contributed by atoms with van der Waals surface area (Å²) in [7, 11) is 0. The van der Waals surface area contributed by atoms with Crippen LogP contribution in [0.5, 0.6) is 0 Å². The van der Waals surface area contributed by atoms with Gasteiger partial charge in [0.2, 0.25) is 0 Å². The van der Waals surface area contributed by atoms with Gasteiger partial charge in [0.05, 0.1) is 0 Å². The third kappa shape index (κ3) is 5.61. The van der Waals surface area contributed by atoms with Crippen molar-refractivity contribution in [1.82, 2.24) is 0 Å². The second kappa shape index (κ2) is 9.80. The Morgan fingerprint density at radius 1 is 0.731 bits per heavy atom. The SMILES string of the molecule is C1=C/C(=C/[CH-]/C=C/c2ccccc2)[C-](/C=C/C=C/c2ccccc2)C=C1. The van der Waals surface area contributed by atoms with Crippen LogP contribution in [0.15, 0.2) is 121 Å². The second-order valence-corrected chi connectivity index (χ2v) is 5.89. The van der Waals surface area contributed by atoms with Crippen LogP contribution >= 0.6 is 0 Å². The highest BCUT2D eigenvalue weighted by molar-refractivity contribution is 5.56. The molecule has 0 heteroatoms. The lowest BCUT2D eigenvalue weighted by Crippen LogP contribution is -1.95. The smallest absolute Gasteiger partial charge is 0.0263 e. The molecule has 0 saturated heterocycles. The van der Waals surface area contributed by atoms with Gasteiger partial charge in [-0.25, -0.2) is 18.1 Å². The maximum absolute atomic E-state index is 2.14. The van der Waals surface area contributed by atoms with Gasteiger partial charge in [-0.2, -0.15) is 24.1 Å². The molecule has 0 fully saturated rings. The molecule has 0 N–H and O–H groups in total. The maximum Gasteiger partial charge on any atom is -0.0263 e. The van der Waals surface area contributed by atoms with E-state index in [0.29, 0.717) is 0 Å². The van der Waals surface area contributed by atoms with E-state index >= 15 is 0 Å². The van der Waals surface area contributed by atoms with Gasteiger partial charge in [-0.15, -0.1) is 30.4 Å². The van der Waals surface area contributed by atoms with Crippen LogP contribution in [0.2, 0.25) is 0 Å². The molecule has 0 aliphatic heterocycles. The number of hydrogen-bond donors (Lipinski definition) is 0. The van der Waals surface area contributed by atoms with Gasteiger partial charge < -0.3 is 0 Å². The zero-order valence-corrected chi connectivity index (χ0v) is 14.7. The van der Waals surface area contributed by atoms with Crippen LogP contribution in [0.1, 0.15) is 11.1 Å². The molecular weight excluding hydrogens is 312 g/mol. The molecule has 0 radical (unpaired) electrons. The lowest BCUT2D eigenvalue weighted by atomic mass is 9.93. The topological polar surface area (TPSA) is 0 Å². The summed E-state index contributed by atoms with van der Waals surface area (Å²) < 4.78 is 0. The summed E-state index contributed by atoms with van der Waals surface area (Å²) >= 11 is 0. The summed E-state index contributed by atoms with van der Waals surface area (Å²) in [5, 5.41) is 0. The Hall–Kier alpha value is -3.38. The fraction of sp³-hybridized carbons (Fsp3) is 0. The van der Waals surface area contributed by atoms with Crippen molar-refractivity contribution in [3.05, 3.63) is 144 Å². The molecule has 1 aliphatic rings. The Balaban J connectivity index is 1.58. The van der Waals surface area contributed by atoms with Gasteiger partial charge in [0.1, 0.15) is 0 Å². The molecule has 2 aromatic carbocycles. The van der Waals surface area contributed by atoms with Crippen LogP contribution < -0.4 is 0 Å². The summed E-state index contributed by atoms with van der Waals surface area (Å²) in [5.41, 5.74) is 3.61. The fourth-order valence-electron chi connectivity index (χ4n) is 2.59. The maximum atomic E-state index is 2.14. The molecule has 26 heavy (non-hydrogen) atoms. The predicted octanol–water partition coefficient (Wildman–Crippen LogP) is 6.80. The van der Waals surface area contributed by atoms with Crippen molar-refractivity contribution in [1.29, 1.82) is 0 Å². The number of benzene rings is 2. The molecule has 128 valence electrons. The third-order valence-corrected chi connectivity index (χ3v) is 3.95. The lowest BCUT2D eigenvalue weighted by molar-refractivity contribution is 1.34. The highest BCUT2D eigenvalue weighted by Crippen LogP contribution is 2.23. The standard InChI is InChI=1S/C26H22/c1-3-13-23(14-4-1)17-7-9-19-25-21-11-12-22-26(25)20-10-8-18-24-15-5-2-6-16-24/h1-22H/q-2/b17-7+,18-8+,19-9+,26-20-. The molecule has 0 spiro atoms. The van der Waals surface area contributed by atoms with Crippen LogP contribution in [0.3, 0.4) is 0 Å². The molecule has 1 aliphatic carbocycles. The van der Waals surface area contributed by atoms with Crippen molar-refractivity contribution in [2.24, 2.45) is 0 Å². The first kappa shape index (κ1) is 17.4. The minimum atomic E-state index is 1.20. The van der Waals surface area contributed by atoms with E-state index in [4.69, 9.17) is 0 Å². The summed E-state index contributed by atoms with van der Waals surface area (Å²) in [6.07, 6.45) is 25.2. The van der Waals surface area contributed by atoms with Gasteiger partial charge in [-0.05, 0) is 5.56 Å². The highest BCUT2D eigenvalue weighted by Gasteiger charge is 1.93. The average Bonchev–Trinajstić information content (AvgIpc) is 2.71. The molecule has 0 saturated carbocycles. The number of allylic oxidation sites excluding steroid dienone is 10. The number of rotatable bonds is 6. The highest BCUT2D eigenvalue weighted by atomic mass is 14.1. The van der Waals surface area contributed by atoms with Gasteiger partial charge in [-0.1, -0.05) is 78.4 Å². The molecule has 0 aromatic heterocycles. The van der Waals surface area contributed by atoms with Crippen LogP contribution in [-0.2, 0) is 0 Å². The van der Waals surface area contributed by atoms with E-state index in [-0.39, 0.29) is 0 Å². The van der Waals surface area contributed by atoms with Crippen molar-refractivity contribution < 1.29 is 0 Å². The summed E-state index contributed by atoms with van der Waals surface area (Å²) in [5.74, 6) is 1.20. The molecular formula is C26H22-2. The second-order valence-electron chi connectivity index (χ2n) is 5.89. The molecule has 0 unspecified atom stereocenters. The fourth-order valence-corrected chi connectivity index (χ4v) is 2.59. The third-order valence-electron chi connectivity index (χ3n) is 3.95. The molecule has 3 rings (SSSR count). The van der Waals surface area contributed by atoms with Gasteiger partial charge in [-0.3, -0.25) is 0 Å². The van der Waals surface area contributed by atoms with Crippen molar-refractivity contribution in [2.45, 2.75) is 0 Å². The molecule has 0 heterocycles. The first-order valence-electron chi connectivity index (χ1n) is 8.80. The minimum Gasteiger partial charge on any atom is -0.228 e. The van der Waals surface area contributed by atoms with Crippen molar-refractivity contribution >= 4 is 12.2 Å². The van der Waals surface area contributed by atoms with Gasteiger partial charge >= 0.3 is 0 Å². The molecule has 0 bridgehead atoms. The molecule has 2 aromatic rings. The molecule has 0 nitrogen and oxygen atoms in total. The zero-order chi connectivity index (χ0) is 17.9. The Labute approximate surface area is 156 Å². The summed E-state index contributed by atoms with van der Waals surface area (Å²) in [6.45, 7) is 0. The Bertz CT molecular complexity index is 843. The van der Waals surface area contributed by atoms with Crippen molar-refractivity contribution in [3.8, 4) is 0 Å². The van der Waals surface area contributed by atoms with E-state index < -0.39 is 0 Å². The number of hydrogen-bond acceptors (Lipinski definition) is 0. The monoisotopic (exact) mass is 334 g/mol. The van der Waals surface area contributed by atoms with Crippen molar-refractivity contribution in [3.63, 3.8) is 0 Å². The Kier molecular flexibility index (Phi) is 6.58. The molecule has 0 amide bonds. The van der Waals surface area contributed by atoms with Crippen LogP contribution in [0.25, 0.3) is 12.2 Å². The molecule has 0 atom stereocenters. The Morgan fingerprint density at radius 2 is 1.42 bits per heavy atom. The minimum absolute atomic E-state index is 1.20. The quantitative estimate of drug-likeness (QED) is 0.402. The zero-order valence-electron chi connectivity index (χ0n) is 14.7. The van der Waals surface area contributed by atoms with E-state index in [1.807, 2.05) is 36.4 Å². The first-order chi connectivity index (χ1) is 12.9. The largest absolute Gasteiger partial charge is 0.228 e. The van der Waals surface area contributed by atoms with Gasteiger partial charge in [0.25, 0.3) is 0 Å². The summed E-state index contributed by atoms with van der Waals surface area (Å²) in [6, 6.07) is 20.6. The lowest BCUT2D eigenvalue weighted by Gasteiger charge is -2.25. The predicted molar refractivity (Wildman–Crippen MR) is 114 cm³/mol. The normalized spacial score (nSPS) is 15.7. The van der Waals surface area contributed by atoms with E-state index in [1.54, 1.807) is 0 Å². The van der Waals surface area contributed by atoms with E-state index in [9.17, 15) is 0 Å². The van der Waals surface area contributed by atoms with E-state index in [2.05, 4.69) is 97.5 Å². The Morgan fingerprint density at radius 3 is 2.15 bits per heavy atom. The van der Waals surface area contributed by atoms with E-state index in [1.165, 1.54) is 22.6 Å².